The normalized spacial score (nSPS) is 10.8. The molecule has 148 valence electrons. The summed E-state index contributed by atoms with van der Waals surface area (Å²) in [5, 5.41) is 16.1. The minimum atomic E-state index is -0.302. The summed E-state index contributed by atoms with van der Waals surface area (Å²) in [6.07, 6.45) is 1.49. The summed E-state index contributed by atoms with van der Waals surface area (Å²) in [6, 6.07) is 13.6. The number of hydrogen-bond acceptors (Lipinski definition) is 6. The molecule has 0 unspecified atom stereocenters. The van der Waals surface area contributed by atoms with Crippen LogP contribution in [0.2, 0.25) is 0 Å². The summed E-state index contributed by atoms with van der Waals surface area (Å²) < 4.78 is 6.72. The van der Waals surface area contributed by atoms with E-state index in [0.29, 0.717) is 17.9 Å². The van der Waals surface area contributed by atoms with Gasteiger partial charge in [-0.2, -0.15) is 10.1 Å². The van der Waals surface area contributed by atoms with E-state index < -0.39 is 0 Å². The van der Waals surface area contributed by atoms with Gasteiger partial charge in [0.05, 0.1) is 12.0 Å². The summed E-state index contributed by atoms with van der Waals surface area (Å²) in [7, 11) is 3.39. The van der Waals surface area contributed by atoms with Gasteiger partial charge in [0.15, 0.2) is 0 Å². The van der Waals surface area contributed by atoms with Crippen LogP contribution < -0.4 is 10.1 Å². The van der Waals surface area contributed by atoms with Gasteiger partial charge >= 0.3 is 0 Å². The first-order chi connectivity index (χ1) is 14.1. The van der Waals surface area contributed by atoms with Gasteiger partial charge in [0.1, 0.15) is 23.0 Å². The number of carbonyl (C=O) groups is 1. The highest BCUT2D eigenvalue weighted by molar-refractivity contribution is 7.13. The van der Waals surface area contributed by atoms with Gasteiger partial charge < -0.3 is 4.74 Å². The van der Waals surface area contributed by atoms with E-state index >= 15 is 0 Å². The highest BCUT2D eigenvalue weighted by Gasteiger charge is 2.16. The second kappa shape index (κ2) is 8.27. The average Bonchev–Trinajstić information content (AvgIpc) is 3.47. The maximum absolute atomic E-state index is 12.6. The van der Waals surface area contributed by atoms with Crippen LogP contribution in [0.1, 0.15) is 21.9 Å². The van der Waals surface area contributed by atoms with E-state index in [9.17, 15) is 4.79 Å². The third kappa shape index (κ3) is 4.35. The molecule has 29 heavy (non-hydrogen) atoms. The second-order valence-electron chi connectivity index (χ2n) is 6.42. The summed E-state index contributed by atoms with van der Waals surface area (Å²) in [5.74, 6) is 1.48. The van der Waals surface area contributed by atoms with E-state index in [4.69, 9.17) is 4.74 Å². The first-order valence-corrected chi connectivity index (χ1v) is 9.94. The number of rotatable bonds is 7. The fourth-order valence-corrected chi connectivity index (χ4v) is 3.59. The van der Waals surface area contributed by atoms with Gasteiger partial charge in [0.2, 0.25) is 5.95 Å². The van der Waals surface area contributed by atoms with Gasteiger partial charge in [-0.15, -0.1) is 16.4 Å². The summed E-state index contributed by atoms with van der Waals surface area (Å²) in [4.78, 5) is 18.0. The number of thiophene rings is 1. The number of nitrogens with zero attached hydrogens (tertiary/aromatic N) is 4. The highest BCUT2D eigenvalue weighted by Crippen LogP contribution is 2.24. The number of benzene rings is 1. The van der Waals surface area contributed by atoms with E-state index in [1.54, 1.807) is 36.2 Å². The number of amides is 1. The van der Waals surface area contributed by atoms with Crippen molar-refractivity contribution in [1.29, 1.82) is 0 Å². The van der Waals surface area contributed by atoms with Crippen molar-refractivity contribution >= 4 is 23.2 Å². The molecule has 0 aliphatic carbocycles. The Hall–Kier alpha value is -3.46. The SMILES string of the molecule is COc1ccc(CCc2nc(NC(=O)c3cc(-c4cccs4)nn3C)n[nH]2)cc1. The van der Waals surface area contributed by atoms with E-state index in [0.717, 1.165) is 22.7 Å². The van der Waals surface area contributed by atoms with Crippen molar-refractivity contribution in [2.75, 3.05) is 12.4 Å². The van der Waals surface area contributed by atoms with Crippen LogP contribution in [0.5, 0.6) is 5.75 Å². The van der Waals surface area contributed by atoms with Gasteiger partial charge in [-0.3, -0.25) is 19.9 Å². The molecule has 0 fully saturated rings. The molecule has 0 saturated heterocycles. The smallest absolute Gasteiger partial charge is 0.276 e. The number of aryl methyl sites for hydroxylation is 3. The number of methoxy groups -OCH3 is 1. The molecule has 4 aromatic rings. The van der Waals surface area contributed by atoms with Crippen molar-refractivity contribution in [3.05, 3.63) is 64.9 Å². The lowest BCUT2D eigenvalue weighted by Gasteiger charge is -2.02. The number of carbonyl (C=O) groups excluding carboxylic acids is 1. The first-order valence-electron chi connectivity index (χ1n) is 9.06. The number of H-pyrrole nitrogens is 1. The third-order valence-electron chi connectivity index (χ3n) is 4.45. The van der Waals surface area contributed by atoms with E-state index in [1.807, 2.05) is 41.8 Å². The number of aromatic nitrogens is 5. The number of ether oxygens (including phenoxy) is 1. The average molecular weight is 408 g/mol. The molecule has 1 amide bonds. The van der Waals surface area contributed by atoms with Crippen LogP contribution in [0.25, 0.3) is 10.6 Å². The topological polar surface area (TPSA) is 97.7 Å². The molecule has 0 atom stereocenters. The van der Waals surface area contributed by atoms with Gasteiger partial charge in [-0.05, 0) is 41.6 Å². The van der Waals surface area contributed by atoms with E-state index in [-0.39, 0.29) is 11.9 Å². The molecule has 0 spiro atoms. The lowest BCUT2D eigenvalue weighted by Crippen LogP contribution is -2.16. The molecule has 2 N–H and O–H groups in total. The Labute approximate surface area is 171 Å². The maximum Gasteiger partial charge on any atom is 0.276 e. The van der Waals surface area contributed by atoms with Crippen LogP contribution in [0.4, 0.5) is 5.95 Å². The van der Waals surface area contributed by atoms with Gasteiger partial charge in [-0.25, -0.2) is 0 Å². The number of aromatic amines is 1. The Bertz CT molecular complexity index is 1100. The predicted molar refractivity (Wildman–Crippen MR) is 111 cm³/mol. The van der Waals surface area contributed by atoms with Crippen molar-refractivity contribution in [2.24, 2.45) is 7.05 Å². The van der Waals surface area contributed by atoms with Crippen LogP contribution in [0.3, 0.4) is 0 Å². The molecule has 0 aliphatic rings. The summed E-state index contributed by atoms with van der Waals surface area (Å²) in [5.41, 5.74) is 2.38. The fraction of sp³-hybridized carbons (Fsp3) is 0.200. The molecule has 0 radical (unpaired) electrons. The third-order valence-corrected chi connectivity index (χ3v) is 5.35. The molecule has 8 nitrogen and oxygen atoms in total. The minimum absolute atomic E-state index is 0.249. The number of nitrogens with one attached hydrogen (secondary N) is 2. The van der Waals surface area contributed by atoms with Gasteiger partial charge in [0.25, 0.3) is 5.91 Å². The summed E-state index contributed by atoms with van der Waals surface area (Å²) >= 11 is 1.58. The van der Waals surface area contributed by atoms with Crippen molar-refractivity contribution in [1.82, 2.24) is 25.0 Å². The molecule has 1 aromatic carbocycles. The van der Waals surface area contributed by atoms with E-state index in [1.165, 1.54) is 5.56 Å². The van der Waals surface area contributed by atoms with Crippen molar-refractivity contribution in [2.45, 2.75) is 12.8 Å². The van der Waals surface area contributed by atoms with Crippen LogP contribution in [0.15, 0.2) is 47.8 Å². The Kier molecular flexibility index (Phi) is 5.39. The lowest BCUT2D eigenvalue weighted by molar-refractivity contribution is 0.101. The van der Waals surface area contributed by atoms with Crippen molar-refractivity contribution in [3.8, 4) is 16.3 Å². The van der Waals surface area contributed by atoms with Gasteiger partial charge in [-0.1, -0.05) is 18.2 Å². The zero-order valence-electron chi connectivity index (χ0n) is 16.0. The number of anilines is 1. The molecule has 0 bridgehead atoms. The summed E-state index contributed by atoms with van der Waals surface area (Å²) in [6.45, 7) is 0. The Morgan fingerprint density at radius 1 is 1.24 bits per heavy atom. The predicted octanol–water partition coefficient (Wildman–Crippen LogP) is 3.31. The monoisotopic (exact) mass is 408 g/mol. The van der Waals surface area contributed by atoms with Crippen molar-refractivity contribution < 1.29 is 9.53 Å². The van der Waals surface area contributed by atoms with Gasteiger partial charge in [0, 0.05) is 13.5 Å². The van der Waals surface area contributed by atoms with Crippen LogP contribution >= 0.6 is 11.3 Å². The maximum atomic E-state index is 12.6. The molecule has 4 rings (SSSR count). The quantitative estimate of drug-likeness (QED) is 0.489. The molecular weight excluding hydrogens is 388 g/mol. The molecule has 3 heterocycles. The zero-order valence-corrected chi connectivity index (χ0v) is 16.9. The van der Waals surface area contributed by atoms with E-state index in [2.05, 4.69) is 25.6 Å². The molecule has 3 aromatic heterocycles. The number of hydrogen-bond donors (Lipinski definition) is 2. The standard InChI is InChI=1S/C20H20N6O2S/c1-26-16(12-15(25-26)17-4-3-11-29-17)19(27)22-20-21-18(23-24-20)10-7-13-5-8-14(28-2)9-6-13/h3-6,8-9,11-12H,7,10H2,1-2H3,(H2,21,22,23,24,27). The fourth-order valence-electron chi connectivity index (χ4n) is 2.91. The largest absolute Gasteiger partial charge is 0.497 e. The highest BCUT2D eigenvalue weighted by atomic mass is 32.1. The van der Waals surface area contributed by atoms with Crippen LogP contribution in [0, 0.1) is 0 Å². The molecule has 0 saturated carbocycles. The molecule has 9 heteroatoms. The Morgan fingerprint density at radius 3 is 2.79 bits per heavy atom. The zero-order chi connectivity index (χ0) is 20.2. The Balaban J connectivity index is 1.38. The Morgan fingerprint density at radius 2 is 2.07 bits per heavy atom. The molecular formula is C20H20N6O2S. The molecule has 0 aliphatic heterocycles. The minimum Gasteiger partial charge on any atom is -0.497 e. The van der Waals surface area contributed by atoms with Crippen LogP contribution in [-0.2, 0) is 19.9 Å². The second-order valence-corrected chi connectivity index (χ2v) is 7.37. The lowest BCUT2D eigenvalue weighted by atomic mass is 10.1. The first kappa shape index (κ1) is 18.9. The van der Waals surface area contributed by atoms with Crippen LogP contribution in [-0.4, -0.2) is 38.0 Å². The van der Waals surface area contributed by atoms with Crippen molar-refractivity contribution in [3.63, 3.8) is 0 Å².